The smallest absolute Gasteiger partial charge is 0.273 e. The molecule has 0 aliphatic carbocycles. The molecule has 166 valence electrons. The Balaban J connectivity index is 1.45. The zero-order chi connectivity index (χ0) is 22.9. The molecule has 3 amide bonds. The molecule has 0 bridgehead atoms. The lowest BCUT2D eigenvalue weighted by Gasteiger charge is -2.10. The van der Waals surface area contributed by atoms with E-state index >= 15 is 0 Å². The predicted octanol–water partition coefficient (Wildman–Crippen LogP) is 3.37. The van der Waals surface area contributed by atoms with Gasteiger partial charge in [-0.1, -0.05) is 61.5 Å². The monoisotopic (exact) mass is 434 g/mol. The average molecular weight is 434 g/mol. The summed E-state index contributed by atoms with van der Waals surface area (Å²) in [4.78, 5) is 36.3. The van der Waals surface area contributed by atoms with Crippen molar-refractivity contribution < 1.29 is 18.9 Å². The molecule has 1 heterocycles. The fourth-order valence-corrected chi connectivity index (χ4v) is 2.98. The largest absolute Gasteiger partial charge is 0.355 e. The summed E-state index contributed by atoms with van der Waals surface area (Å²) in [6, 6.07) is 18.1. The van der Waals surface area contributed by atoms with Gasteiger partial charge in [0.15, 0.2) is 11.5 Å². The number of benzene rings is 2. The van der Waals surface area contributed by atoms with Gasteiger partial charge in [0, 0.05) is 30.3 Å². The van der Waals surface area contributed by atoms with E-state index in [1.165, 1.54) is 6.07 Å². The molecule has 0 unspecified atom stereocenters. The van der Waals surface area contributed by atoms with Crippen LogP contribution in [0.3, 0.4) is 0 Å². The van der Waals surface area contributed by atoms with Gasteiger partial charge < -0.3 is 20.5 Å². The summed E-state index contributed by atoms with van der Waals surface area (Å²) in [5.74, 6) is -0.150. The number of aromatic nitrogens is 1. The molecule has 2 aromatic carbocycles. The molecule has 8 nitrogen and oxygen atoms in total. The van der Waals surface area contributed by atoms with Crippen molar-refractivity contribution in [1.82, 2.24) is 15.8 Å². The number of carbonyl (C=O) groups excluding carboxylic acids is 3. The molecule has 8 heteroatoms. The van der Waals surface area contributed by atoms with E-state index in [9.17, 15) is 14.4 Å². The Hall–Kier alpha value is -3.94. The highest BCUT2D eigenvalue weighted by Crippen LogP contribution is 2.19. The van der Waals surface area contributed by atoms with Crippen molar-refractivity contribution in [2.75, 3.05) is 11.9 Å². The van der Waals surface area contributed by atoms with E-state index in [0.717, 1.165) is 11.1 Å². The number of nitrogens with one attached hydrogen (secondary N) is 3. The molecule has 3 aromatic rings. The number of amides is 3. The van der Waals surface area contributed by atoms with Gasteiger partial charge in [-0.05, 0) is 23.6 Å². The number of rotatable bonds is 9. The Labute approximate surface area is 186 Å². The second kappa shape index (κ2) is 10.9. The van der Waals surface area contributed by atoms with Crippen LogP contribution in [0, 0.1) is 5.92 Å². The molecule has 3 rings (SSSR count). The topological polar surface area (TPSA) is 113 Å². The number of carbonyl (C=O) groups is 3. The van der Waals surface area contributed by atoms with Gasteiger partial charge in [-0.3, -0.25) is 14.4 Å². The molecule has 0 radical (unpaired) electrons. The van der Waals surface area contributed by atoms with Gasteiger partial charge in [0.25, 0.3) is 5.91 Å². The third kappa shape index (κ3) is 6.80. The van der Waals surface area contributed by atoms with Crippen LogP contribution in [0.5, 0.6) is 0 Å². The van der Waals surface area contributed by atoms with Gasteiger partial charge in [0.2, 0.25) is 11.8 Å². The minimum atomic E-state index is -0.499. The Kier molecular flexibility index (Phi) is 7.75. The maximum absolute atomic E-state index is 12.2. The minimum Gasteiger partial charge on any atom is -0.355 e. The van der Waals surface area contributed by atoms with E-state index in [0.29, 0.717) is 17.9 Å². The van der Waals surface area contributed by atoms with Crippen LogP contribution in [-0.2, 0) is 16.1 Å². The van der Waals surface area contributed by atoms with E-state index < -0.39 is 5.91 Å². The van der Waals surface area contributed by atoms with Crippen LogP contribution in [0.4, 0.5) is 5.69 Å². The number of nitrogens with zero attached hydrogens (tertiary/aromatic N) is 1. The lowest BCUT2D eigenvalue weighted by molar-refractivity contribution is -0.120. The first-order valence-electron chi connectivity index (χ1n) is 10.4. The van der Waals surface area contributed by atoms with Crippen molar-refractivity contribution >= 4 is 23.4 Å². The molecule has 0 fully saturated rings. The standard InChI is InChI=1S/C24H26N4O4/c1-16(2)11-22(29)27-19-10-6-7-17(12-19)14-25-23(30)15-26-24(31)20-13-21(32-28-20)18-8-4-3-5-9-18/h3-10,12-13,16H,11,14-15H2,1-2H3,(H,25,30)(H,26,31)(H,27,29). The molecule has 0 saturated carbocycles. The molecule has 32 heavy (non-hydrogen) atoms. The Morgan fingerprint density at radius 2 is 1.72 bits per heavy atom. The molecule has 0 saturated heterocycles. The Morgan fingerprint density at radius 1 is 0.938 bits per heavy atom. The van der Waals surface area contributed by atoms with Gasteiger partial charge in [-0.2, -0.15) is 0 Å². The molecular weight excluding hydrogens is 408 g/mol. The van der Waals surface area contributed by atoms with E-state index in [-0.39, 0.29) is 36.5 Å². The van der Waals surface area contributed by atoms with Crippen molar-refractivity contribution in [3.8, 4) is 11.3 Å². The predicted molar refractivity (Wildman–Crippen MR) is 121 cm³/mol. The van der Waals surface area contributed by atoms with E-state index in [1.54, 1.807) is 12.1 Å². The first-order valence-corrected chi connectivity index (χ1v) is 10.4. The second-order valence-corrected chi connectivity index (χ2v) is 7.75. The lowest BCUT2D eigenvalue weighted by atomic mass is 10.1. The summed E-state index contributed by atoms with van der Waals surface area (Å²) < 4.78 is 5.20. The highest BCUT2D eigenvalue weighted by atomic mass is 16.5. The zero-order valence-electron chi connectivity index (χ0n) is 18.1. The van der Waals surface area contributed by atoms with E-state index in [2.05, 4.69) is 21.1 Å². The summed E-state index contributed by atoms with van der Waals surface area (Å²) in [6.07, 6.45) is 0.443. The molecule has 3 N–H and O–H groups in total. The van der Waals surface area contributed by atoms with E-state index in [1.807, 2.05) is 56.3 Å². The summed E-state index contributed by atoms with van der Waals surface area (Å²) in [5.41, 5.74) is 2.41. The van der Waals surface area contributed by atoms with Crippen LogP contribution in [0.1, 0.15) is 36.3 Å². The average Bonchev–Trinajstić information content (AvgIpc) is 3.27. The molecule has 0 atom stereocenters. The van der Waals surface area contributed by atoms with Gasteiger partial charge >= 0.3 is 0 Å². The van der Waals surface area contributed by atoms with Crippen molar-refractivity contribution in [1.29, 1.82) is 0 Å². The van der Waals surface area contributed by atoms with Crippen LogP contribution >= 0.6 is 0 Å². The number of hydrogen-bond acceptors (Lipinski definition) is 5. The van der Waals surface area contributed by atoms with Crippen molar-refractivity contribution in [2.24, 2.45) is 5.92 Å². The van der Waals surface area contributed by atoms with Crippen LogP contribution in [0.15, 0.2) is 65.2 Å². The molecule has 0 spiro atoms. The fraction of sp³-hybridized carbons (Fsp3) is 0.250. The molecular formula is C24H26N4O4. The normalized spacial score (nSPS) is 10.6. The first-order chi connectivity index (χ1) is 15.4. The Bertz CT molecular complexity index is 1080. The summed E-state index contributed by atoms with van der Waals surface area (Å²) >= 11 is 0. The van der Waals surface area contributed by atoms with Gasteiger partial charge in [-0.15, -0.1) is 0 Å². The molecule has 0 aliphatic heterocycles. The second-order valence-electron chi connectivity index (χ2n) is 7.75. The fourth-order valence-electron chi connectivity index (χ4n) is 2.98. The zero-order valence-corrected chi connectivity index (χ0v) is 18.1. The van der Waals surface area contributed by atoms with Gasteiger partial charge in [0.05, 0.1) is 6.54 Å². The summed E-state index contributed by atoms with van der Waals surface area (Å²) in [7, 11) is 0. The van der Waals surface area contributed by atoms with Crippen LogP contribution < -0.4 is 16.0 Å². The highest BCUT2D eigenvalue weighted by Gasteiger charge is 2.14. The first kappa shape index (κ1) is 22.7. The molecule has 1 aromatic heterocycles. The summed E-state index contributed by atoms with van der Waals surface area (Å²) in [6.45, 7) is 4.03. The third-order valence-electron chi connectivity index (χ3n) is 4.50. The van der Waals surface area contributed by atoms with Crippen molar-refractivity contribution in [3.63, 3.8) is 0 Å². The molecule has 0 aliphatic rings. The SMILES string of the molecule is CC(C)CC(=O)Nc1cccc(CNC(=O)CNC(=O)c2cc(-c3ccccc3)on2)c1. The van der Waals surface area contributed by atoms with Gasteiger partial charge in [0.1, 0.15) is 0 Å². The maximum atomic E-state index is 12.2. The van der Waals surface area contributed by atoms with Gasteiger partial charge in [-0.25, -0.2) is 0 Å². The van der Waals surface area contributed by atoms with Crippen molar-refractivity contribution in [3.05, 3.63) is 71.9 Å². The van der Waals surface area contributed by atoms with Crippen LogP contribution in [0.2, 0.25) is 0 Å². The van der Waals surface area contributed by atoms with Crippen LogP contribution in [0.25, 0.3) is 11.3 Å². The maximum Gasteiger partial charge on any atom is 0.273 e. The lowest BCUT2D eigenvalue weighted by Crippen LogP contribution is -2.36. The van der Waals surface area contributed by atoms with Crippen molar-refractivity contribution in [2.45, 2.75) is 26.8 Å². The highest BCUT2D eigenvalue weighted by molar-refractivity contribution is 5.95. The van der Waals surface area contributed by atoms with Crippen LogP contribution in [-0.4, -0.2) is 29.4 Å². The van der Waals surface area contributed by atoms with E-state index in [4.69, 9.17) is 4.52 Å². The minimum absolute atomic E-state index is 0.0489. The summed E-state index contributed by atoms with van der Waals surface area (Å²) in [5, 5.41) is 11.9. The number of hydrogen-bond donors (Lipinski definition) is 3. The third-order valence-corrected chi connectivity index (χ3v) is 4.50. The Morgan fingerprint density at radius 3 is 2.47 bits per heavy atom. The quantitative estimate of drug-likeness (QED) is 0.478. The number of anilines is 1.